The molecule has 6 heteroatoms. The third kappa shape index (κ3) is 3.25. The first-order chi connectivity index (χ1) is 11.1. The highest BCUT2D eigenvalue weighted by Gasteiger charge is 2.34. The Morgan fingerprint density at radius 2 is 1.96 bits per heavy atom. The highest BCUT2D eigenvalue weighted by molar-refractivity contribution is 5.90. The zero-order chi connectivity index (χ0) is 16.4. The Balaban J connectivity index is 1.64. The summed E-state index contributed by atoms with van der Waals surface area (Å²) in [4.78, 5) is 30.0. The molecule has 2 aliphatic rings. The van der Waals surface area contributed by atoms with E-state index < -0.39 is 6.04 Å². The molecule has 0 unspecified atom stereocenters. The lowest BCUT2D eigenvalue weighted by molar-refractivity contribution is -0.132. The molecule has 1 atom stereocenters. The second kappa shape index (κ2) is 6.48. The Hall–Kier alpha value is -2.24. The summed E-state index contributed by atoms with van der Waals surface area (Å²) < 4.78 is 0. The Morgan fingerprint density at radius 1 is 1.17 bits per heavy atom. The zero-order valence-electron chi connectivity index (χ0n) is 13.8. The summed E-state index contributed by atoms with van der Waals surface area (Å²) in [5.41, 5.74) is 2.51. The van der Waals surface area contributed by atoms with Crippen LogP contribution in [-0.2, 0) is 4.79 Å². The highest BCUT2D eigenvalue weighted by Crippen LogP contribution is 2.21. The number of benzene rings is 1. The average molecular weight is 316 g/mol. The molecule has 1 aromatic carbocycles. The molecular formula is C17H24N4O2. The van der Waals surface area contributed by atoms with Gasteiger partial charge in [0.05, 0.1) is 6.54 Å². The van der Waals surface area contributed by atoms with Gasteiger partial charge in [0.2, 0.25) is 5.91 Å². The number of likely N-dealkylation sites (N-methyl/N-ethyl adjacent to an activating group) is 1. The summed E-state index contributed by atoms with van der Waals surface area (Å²) in [5.74, 6) is 0.0364. The van der Waals surface area contributed by atoms with E-state index in [4.69, 9.17) is 0 Å². The third-order valence-corrected chi connectivity index (χ3v) is 4.66. The SMILES string of the molecule is Cc1ccccc1N1CCCN(C(=O)[C@H]2CN(C)C(=O)N2)CC1. The maximum Gasteiger partial charge on any atom is 0.317 e. The minimum Gasteiger partial charge on any atom is -0.369 e. The van der Waals surface area contributed by atoms with Crippen molar-refractivity contribution < 1.29 is 9.59 Å². The molecule has 2 heterocycles. The molecule has 1 N–H and O–H groups in total. The zero-order valence-corrected chi connectivity index (χ0v) is 13.8. The molecule has 23 heavy (non-hydrogen) atoms. The van der Waals surface area contributed by atoms with Crippen LogP contribution in [0.15, 0.2) is 24.3 Å². The lowest BCUT2D eigenvalue weighted by Gasteiger charge is -2.26. The van der Waals surface area contributed by atoms with Gasteiger partial charge in [-0.15, -0.1) is 0 Å². The smallest absolute Gasteiger partial charge is 0.317 e. The number of urea groups is 1. The summed E-state index contributed by atoms with van der Waals surface area (Å²) in [6.07, 6.45) is 0.941. The quantitative estimate of drug-likeness (QED) is 0.887. The monoisotopic (exact) mass is 316 g/mol. The summed E-state index contributed by atoms with van der Waals surface area (Å²) in [7, 11) is 1.71. The van der Waals surface area contributed by atoms with Gasteiger partial charge in [0.1, 0.15) is 6.04 Å². The third-order valence-electron chi connectivity index (χ3n) is 4.66. The second-order valence-electron chi connectivity index (χ2n) is 6.33. The molecule has 0 bridgehead atoms. The van der Waals surface area contributed by atoms with Crippen molar-refractivity contribution in [2.45, 2.75) is 19.4 Å². The summed E-state index contributed by atoms with van der Waals surface area (Å²) >= 11 is 0. The van der Waals surface area contributed by atoms with Gasteiger partial charge in [-0.05, 0) is 25.0 Å². The van der Waals surface area contributed by atoms with Gasteiger partial charge in [-0.3, -0.25) is 4.79 Å². The summed E-state index contributed by atoms with van der Waals surface area (Å²) in [6, 6.07) is 7.79. The molecule has 0 spiro atoms. The van der Waals surface area contributed by atoms with Gasteiger partial charge in [-0.25, -0.2) is 4.79 Å². The first kappa shape index (κ1) is 15.6. The molecule has 6 nitrogen and oxygen atoms in total. The van der Waals surface area contributed by atoms with Crippen LogP contribution < -0.4 is 10.2 Å². The van der Waals surface area contributed by atoms with E-state index in [1.165, 1.54) is 11.3 Å². The lowest BCUT2D eigenvalue weighted by Crippen LogP contribution is -2.46. The minimum absolute atomic E-state index is 0.0364. The number of aryl methyl sites for hydroxylation is 1. The summed E-state index contributed by atoms with van der Waals surface area (Å²) in [6.45, 7) is 5.79. The van der Waals surface area contributed by atoms with E-state index in [-0.39, 0.29) is 11.9 Å². The summed E-state index contributed by atoms with van der Waals surface area (Å²) in [5, 5.41) is 2.76. The van der Waals surface area contributed by atoms with Gasteiger partial charge in [0.25, 0.3) is 0 Å². The number of carbonyl (C=O) groups is 2. The Labute approximate surface area is 137 Å². The van der Waals surface area contributed by atoms with Crippen molar-refractivity contribution in [1.82, 2.24) is 15.1 Å². The largest absolute Gasteiger partial charge is 0.369 e. The molecule has 2 fully saturated rings. The topological polar surface area (TPSA) is 55.9 Å². The van der Waals surface area contributed by atoms with Crippen LogP contribution in [0.2, 0.25) is 0 Å². The van der Waals surface area contributed by atoms with E-state index >= 15 is 0 Å². The molecule has 0 saturated carbocycles. The molecule has 0 aliphatic carbocycles. The fraction of sp³-hybridized carbons (Fsp3) is 0.529. The molecule has 0 radical (unpaired) electrons. The van der Waals surface area contributed by atoms with E-state index in [0.29, 0.717) is 13.1 Å². The van der Waals surface area contributed by atoms with Gasteiger partial charge < -0.3 is 20.0 Å². The number of nitrogens with one attached hydrogen (secondary N) is 1. The van der Waals surface area contributed by atoms with Crippen molar-refractivity contribution in [3.63, 3.8) is 0 Å². The fourth-order valence-electron chi connectivity index (χ4n) is 3.32. The number of amides is 3. The maximum absolute atomic E-state index is 12.6. The van der Waals surface area contributed by atoms with Crippen LogP contribution in [0.5, 0.6) is 0 Å². The van der Waals surface area contributed by atoms with Crippen LogP contribution in [-0.4, -0.2) is 67.6 Å². The number of anilines is 1. The predicted molar refractivity (Wildman–Crippen MR) is 89.5 cm³/mol. The second-order valence-corrected chi connectivity index (χ2v) is 6.33. The number of hydrogen-bond donors (Lipinski definition) is 1. The molecule has 1 aromatic rings. The van der Waals surface area contributed by atoms with Crippen LogP contribution in [0.25, 0.3) is 0 Å². The number of carbonyl (C=O) groups excluding carboxylic acids is 2. The van der Waals surface area contributed by atoms with Crippen molar-refractivity contribution in [2.24, 2.45) is 0 Å². The van der Waals surface area contributed by atoms with Gasteiger partial charge in [-0.1, -0.05) is 18.2 Å². The van der Waals surface area contributed by atoms with Crippen LogP contribution in [0.4, 0.5) is 10.5 Å². The van der Waals surface area contributed by atoms with Crippen molar-refractivity contribution in [1.29, 1.82) is 0 Å². The van der Waals surface area contributed by atoms with E-state index in [0.717, 1.165) is 26.1 Å². The molecule has 124 valence electrons. The Bertz CT molecular complexity index is 604. The Kier molecular flexibility index (Phi) is 4.41. The van der Waals surface area contributed by atoms with Crippen molar-refractivity contribution >= 4 is 17.6 Å². The Morgan fingerprint density at radius 3 is 2.65 bits per heavy atom. The van der Waals surface area contributed by atoms with Crippen LogP contribution in [0, 0.1) is 6.92 Å². The number of hydrogen-bond acceptors (Lipinski definition) is 3. The van der Waals surface area contributed by atoms with Crippen molar-refractivity contribution in [2.75, 3.05) is 44.7 Å². The van der Waals surface area contributed by atoms with Gasteiger partial charge >= 0.3 is 6.03 Å². The van der Waals surface area contributed by atoms with Crippen LogP contribution in [0.1, 0.15) is 12.0 Å². The molecule has 3 rings (SSSR count). The van der Waals surface area contributed by atoms with E-state index in [9.17, 15) is 9.59 Å². The molecular weight excluding hydrogens is 292 g/mol. The van der Waals surface area contributed by atoms with Crippen molar-refractivity contribution in [3.8, 4) is 0 Å². The van der Waals surface area contributed by atoms with Crippen LogP contribution >= 0.6 is 0 Å². The van der Waals surface area contributed by atoms with Crippen LogP contribution in [0.3, 0.4) is 0 Å². The van der Waals surface area contributed by atoms with E-state index in [1.807, 2.05) is 11.0 Å². The number of para-hydroxylation sites is 1. The lowest BCUT2D eigenvalue weighted by atomic mass is 10.2. The fourth-order valence-corrected chi connectivity index (χ4v) is 3.32. The molecule has 0 aromatic heterocycles. The van der Waals surface area contributed by atoms with E-state index in [1.54, 1.807) is 11.9 Å². The first-order valence-electron chi connectivity index (χ1n) is 8.17. The minimum atomic E-state index is -0.405. The molecule has 2 saturated heterocycles. The van der Waals surface area contributed by atoms with Gasteiger partial charge in [0, 0.05) is 38.9 Å². The average Bonchev–Trinajstić information content (AvgIpc) is 2.76. The maximum atomic E-state index is 12.6. The van der Waals surface area contributed by atoms with Gasteiger partial charge in [-0.2, -0.15) is 0 Å². The molecule has 2 aliphatic heterocycles. The highest BCUT2D eigenvalue weighted by atomic mass is 16.2. The molecule has 3 amide bonds. The number of nitrogens with zero attached hydrogens (tertiary/aromatic N) is 3. The number of rotatable bonds is 2. The van der Waals surface area contributed by atoms with Gasteiger partial charge in [0.15, 0.2) is 0 Å². The predicted octanol–water partition coefficient (Wildman–Crippen LogP) is 1.06. The first-order valence-corrected chi connectivity index (χ1v) is 8.17. The standard InChI is InChI=1S/C17H24N4O2/c1-13-6-3-4-7-15(13)20-8-5-9-21(11-10-20)16(22)14-12-19(2)17(23)18-14/h3-4,6-7,14H,5,8-12H2,1-2H3,(H,18,23)/t14-/m1/s1. The van der Waals surface area contributed by atoms with Crippen molar-refractivity contribution in [3.05, 3.63) is 29.8 Å². The normalized spacial score (nSPS) is 22.1. The van der Waals surface area contributed by atoms with E-state index in [2.05, 4.69) is 35.3 Å².